The molecule has 1 aliphatic heterocycles. The van der Waals surface area contributed by atoms with E-state index in [-0.39, 0.29) is 11.8 Å². The van der Waals surface area contributed by atoms with Crippen LogP contribution in [0.25, 0.3) is 5.69 Å². The van der Waals surface area contributed by atoms with Gasteiger partial charge in [-0.1, -0.05) is 6.07 Å². The van der Waals surface area contributed by atoms with Gasteiger partial charge in [-0.25, -0.2) is 9.67 Å². The van der Waals surface area contributed by atoms with Gasteiger partial charge in [0.2, 0.25) is 5.88 Å². The monoisotopic (exact) mass is 385 g/mol. The molecule has 3 aromatic rings. The summed E-state index contributed by atoms with van der Waals surface area (Å²) >= 11 is 0. The zero-order chi connectivity index (χ0) is 19.7. The van der Waals surface area contributed by atoms with Gasteiger partial charge in [0.25, 0.3) is 5.91 Å². The Morgan fingerprint density at radius 3 is 2.89 bits per heavy atom. The van der Waals surface area contributed by atoms with Crippen molar-refractivity contribution in [3.8, 4) is 11.6 Å². The summed E-state index contributed by atoms with van der Waals surface area (Å²) < 4.78 is 30.5. The number of nitrogens with one attached hydrogen (secondary N) is 1. The van der Waals surface area contributed by atoms with Crippen LogP contribution in [0.3, 0.4) is 0 Å². The number of fused-ring (bicyclic) bond motifs is 1. The van der Waals surface area contributed by atoms with Crippen molar-refractivity contribution in [2.75, 3.05) is 6.54 Å². The summed E-state index contributed by atoms with van der Waals surface area (Å²) in [6, 6.07) is 6.80. The molecular formula is C19H17F2N5O2. The van der Waals surface area contributed by atoms with Crippen LogP contribution in [0.5, 0.6) is 5.88 Å². The van der Waals surface area contributed by atoms with E-state index < -0.39 is 6.61 Å². The van der Waals surface area contributed by atoms with Crippen LogP contribution >= 0.6 is 0 Å². The van der Waals surface area contributed by atoms with E-state index in [2.05, 4.69) is 25.1 Å². The van der Waals surface area contributed by atoms with Crippen LogP contribution in [0.4, 0.5) is 8.78 Å². The third-order valence-corrected chi connectivity index (χ3v) is 4.47. The lowest BCUT2D eigenvalue weighted by Gasteiger charge is -2.15. The molecule has 144 valence electrons. The molecule has 4 rings (SSSR count). The minimum atomic E-state index is -2.90. The fourth-order valence-corrected chi connectivity index (χ4v) is 3.28. The molecule has 1 N–H and O–H groups in total. The molecule has 0 spiro atoms. The minimum Gasteiger partial charge on any atom is -0.417 e. The van der Waals surface area contributed by atoms with E-state index in [1.165, 1.54) is 12.3 Å². The average molecular weight is 385 g/mol. The van der Waals surface area contributed by atoms with Gasteiger partial charge in [-0.05, 0) is 24.6 Å². The van der Waals surface area contributed by atoms with E-state index in [1.54, 1.807) is 16.9 Å². The SMILES string of the molecule is Cc1nn(-c2ccnc(Cc3ccc(OC(F)F)nc3)c2)c2c1C(=O)NCC2. The van der Waals surface area contributed by atoms with E-state index >= 15 is 0 Å². The number of pyridine rings is 2. The van der Waals surface area contributed by atoms with Crippen molar-refractivity contribution in [2.45, 2.75) is 26.4 Å². The number of aromatic nitrogens is 4. The first-order chi connectivity index (χ1) is 13.5. The van der Waals surface area contributed by atoms with Gasteiger partial charge in [0.1, 0.15) is 0 Å². The van der Waals surface area contributed by atoms with Gasteiger partial charge in [-0.15, -0.1) is 0 Å². The molecular weight excluding hydrogens is 368 g/mol. The van der Waals surface area contributed by atoms with Gasteiger partial charge in [0, 0.05) is 43.5 Å². The van der Waals surface area contributed by atoms with Crippen LogP contribution < -0.4 is 10.1 Å². The lowest BCUT2D eigenvalue weighted by Crippen LogP contribution is -2.32. The third-order valence-electron chi connectivity index (χ3n) is 4.47. The van der Waals surface area contributed by atoms with Gasteiger partial charge in [-0.3, -0.25) is 9.78 Å². The second kappa shape index (κ2) is 7.34. The Bertz CT molecular complexity index is 1020. The molecule has 0 radical (unpaired) electrons. The van der Waals surface area contributed by atoms with Crippen molar-refractivity contribution in [3.63, 3.8) is 0 Å². The first-order valence-corrected chi connectivity index (χ1v) is 8.73. The van der Waals surface area contributed by atoms with Crippen LogP contribution in [0.15, 0.2) is 36.7 Å². The van der Waals surface area contributed by atoms with Crippen LogP contribution in [0, 0.1) is 6.92 Å². The normalized spacial score (nSPS) is 13.4. The van der Waals surface area contributed by atoms with Crippen molar-refractivity contribution >= 4 is 5.91 Å². The Kier molecular flexibility index (Phi) is 4.72. The highest BCUT2D eigenvalue weighted by Crippen LogP contribution is 2.22. The molecule has 0 bridgehead atoms. The zero-order valence-electron chi connectivity index (χ0n) is 15.0. The smallest absolute Gasteiger partial charge is 0.388 e. The maximum atomic E-state index is 12.2. The topological polar surface area (TPSA) is 81.9 Å². The number of halogens is 2. The van der Waals surface area contributed by atoms with Crippen molar-refractivity contribution < 1.29 is 18.3 Å². The quantitative estimate of drug-likeness (QED) is 0.730. The largest absolute Gasteiger partial charge is 0.417 e. The zero-order valence-corrected chi connectivity index (χ0v) is 15.0. The summed E-state index contributed by atoms with van der Waals surface area (Å²) in [5.41, 5.74) is 4.59. The van der Waals surface area contributed by atoms with Crippen molar-refractivity contribution in [3.05, 3.63) is 64.9 Å². The first kappa shape index (κ1) is 18.0. The maximum Gasteiger partial charge on any atom is 0.388 e. The molecule has 0 saturated carbocycles. The van der Waals surface area contributed by atoms with Gasteiger partial charge >= 0.3 is 6.61 Å². The predicted molar refractivity (Wildman–Crippen MR) is 95.8 cm³/mol. The highest BCUT2D eigenvalue weighted by Gasteiger charge is 2.25. The number of carbonyl (C=O) groups excluding carboxylic acids is 1. The molecule has 0 atom stereocenters. The highest BCUT2D eigenvalue weighted by atomic mass is 19.3. The lowest BCUT2D eigenvalue weighted by atomic mass is 10.1. The molecule has 28 heavy (non-hydrogen) atoms. The number of ether oxygens (including phenoxy) is 1. The van der Waals surface area contributed by atoms with E-state index in [4.69, 9.17) is 0 Å². The van der Waals surface area contributed by atoms with Gasteiger partial charge in [0.15, 0.2) is 0 Å². The summed E-state index contributed by atoms with van der Waals surface area (Å²) in [4.78, 5) is 20.4. The minimum absolute atomic E-state index is 0.100. The summed E-state index contributed by atoms with van der Waals surface area (Å²) in [5.74, 6) is -0.228. The van der Waals surface area contributed by atoms with E-state index in [0.29, 0.717) is 30.6 Å². The van der Waals surface area contributed by atoms with Gasteiger partial charge < -0.3 is 10.1 Å². The van der Waals surface area contributed by atoms with E-state index in [0.717, 1.165) is 22.6 Å². The summed E-state index contributed by atoms with van der Waals surface area (Å²) in [6.07, 6.45) is 4.34. The number of carbonyl (C=O) groups is 1. The standard InChI is InChI=1S/C19H17F2N5O2/c1-11-17-15(5-7-23-18(17)27)26(25-11)14-4-6-22-13(9-14)8-12-2-3-16(24-10-12)28-19(20)21/h2-4,6,9-10,19H,5,7-8H2,1H3,(H,23,27). The Labute approximate surface area is 159 Å². The predicted octanol–water partition coefficient (Wildman–Crippen LogP) is 2.45. The number of aryl methyl sites for hydroxylation is 1. The fraction of sp³-hybridized carbons (Fsp3) is 0.263. The van der Waals surface area contributed by atoms with Crippen molar-refractivity contribution in [1.82, 2.24) is 25.1 Å². The molecule has 0 unspecified atom stereocenters. The number of alkyl halides is 2. The number of hydrogen-bond acceptors (Lipinski definition) is 5. The third kappa shape index (κ3) is 3.55. The fourth-order valence-electron chi connectivity index (χ4n) is 3.28. The van der Waals surface area contributed by atoms with Crippen LogP contribution in [0.1, 0.15) is 33.0 Å². The molecule has 0 fully saturated rings. The van der Waals surface area contributed by atoms with E-state index in [9.17, 15) is 13.6 Å². The molecule has 7 nitrogen and oxygen atoms in total. The second-order valence-corrected chi connectivity index (χ2v) is 6.39. The van der Waals surface area contributed by atoms with E-state index in [1.807, 2.05) is 19.1 Å². The lowest BCUT2D eigenvalue weighted by molar-refractivity contribution is -0.0528. The average Bonchev–Trinajstić information content (AvgIpc) is 3.01. The Morgan fingerprint density at radius 1 is 1.29 bits per heavy atom. The molecule has 4 heterocycles. The number of hydrogen-bond donors (Lipinski definition) is 1. The summed E-state index contributed by atoms with van der Waals surface area (Å²) in [5, 5.41) is 7.36. The molecule has 3 aromatic heterocycles. The molecule has 0 saturated heterocycles. The van der Waals surface area contributed by atoms with Gasteiger partial charge in [0.05, 0.1) is 22.6 Å². The number of nitrogens with zero attached hydrogens (tertiary/aromatic N) is 4. The first-order valence-electron chi connectivity index (χ1n) is 8.73. The Balaban J connectivity index is 1.59. The molecule has 1 amide bonds. The second-order valence-electron chi connectivity index (χ2n) is 6.39. The maximum absolute atomic E-state index is 12.2. The van der Waals surface area contributed by atoms with Crippen molar-refractivity contribution in [2.24, 2.45) is 0 Å². The Hall–Kier alpha value is -3.36. The summed E-state index contributed by atoms with van der Waals surface area (Å²) in [6.45, 7) is -0.507. The van der Waals surface area contributed by atoms with Crippen LogP contribution in [-0.4, -0.2) is 38.8 Å². The highest BCUT2D eigenvalue weighted by molar-refractivity contribution is 5.97. The van der Waals surface area contributed by atoms with Gasteiger partial charge in [-0.2, -0.15) is 13.9 Å². The Morgan fingerprint density at radius 2 is 2.14 bits per heavy atom. The van der Waals surface area contributed by atoms with Crippen LogP contribution in [-0.2, 0) is 12.8 Å². The summed E-state index contributed by atoms with van der Waals surface area (Å²) in [7, 11) is 0. The molecule has 1 aliphatic rings. The number of rotatable bonds is 5. The van der Waals surface area contributed by atoms with Crippen LogP contribution in [0.2, 0.25) is 0 Å². The molecule has 0 aliphatic carbocycles. The number of amides is 1. The molecule has 9 heteroatoms. The molecule has 0 aromatic carbocycles. The van der Waals surface area contributed by atoms with Crippen molar-refractivity contribution in [1.29, 1.82) is 0 Å².